The third-order valence-corrected chi connectivity index (χ3v) is 4.64. The molecule has 132 valence electrons. The molecule has 1 aliphatic rings. The van der Waals surface area contributed by atoms with Crippen molar-refractivity contribution in [2.45, 2.75) is 6.92 Å². The van der Waals surface area contributed by atoms with Gasteiger partial charge in [-0.05, 0) is 49.0 Å². The monoisotopic (exact) mass is 339 g/mol. The normalized spacial score (nSPS) is 15.0. The predicted octanol–water partition coefficient (Wildman–Crippen LogP) is 3.09. The number of carbonyl (C=O) groups is 1. The first-order valence-electron chi connectivity index (χ1n) is 8.72. The number of ether oxygens (including phenoxy) is 1. The maximum absolute atomic E-state index is 12.4. The molecule has 25 heavy (non-hydrogen) atoms. The molecule has 2 aromatic rings. The van der Waals surface area contributed by atoms with Gasteiger partial charge in [-0.15, -0.1) is 0 Å². The van der Waals surface area contributed by atoms with Gasteiger partial charge in [-0.25, -0.2) is 0 Å². The molecule has 0 aliphatic carbocycles. The van der Waals surface area contributed by atoms with Crippen LogP contribution in [0.25, 0.3) is 0 Å². The number of methoxy groups -OCH3 is 1. The number of nitrogens with one attached hydrogen (secondary N) is 1. The van der Waals surface area contributed by atoms with Crippen molar-refractivity contribution in [1.82, 2.24) is 4.90 Å². The number of anilines is 2. The van der Waals surface area contributed by atoms with E-state index in [0.29, 0.717) is 11.3 Å². The number of carbonyl (C=O) groups excluding carboxylic acids is 1. The molecule has 1 N–H and O–H groups in total. The molecular formula is C20H25N3O2. The van der Waals surface area contributed by atoms with E-state index in [4.69, 9.17) is 4.74 Å². The maximum atomic E-state index is 12.4. The van der Waals surface area contributed by atoms with Gasteiger partial charge in [0, 0.05) is 43.1 Å². The second kappa shape index (κ2) is 8.03. The van der Waals surface area contributed by atoms with Crippen LogP contribution in [0.2, 0.25) is 0 Å². The Morgan fingerprint density at radius 2 is 1.80 bits per heavy atom. The van der Waals surface area contributed by atoms with Crippen LogP contribution in [0.1, 0.15) is 17.3 Å². The minimum Gasteiger partial charge on any atom is -0.497 e. The Morgan fingerprint density at radius 3 is 2.44 bits per heavy atom. The summed E-state index contributed by atoms with van der Waals surface area (Å²) in [6.07, 6.45) is 0. The minimum absolute atomic E-state index is 0.136. The van der Waals surface area contributed by atoms with Crippen molar-refractivity contribution in [3.05, 3.63) is 54.1 Å². The van der Waals surface area contributed by atoms with E-state index < -0.39 is 0 Å². The first-order chi connectivity index (χ1) is 12.2. The van der Waals surface area contributed by atoms with Crippen molar-refractivity contribution in [3.8, 4) is 5.75 Å². The zero-order chi connectivity index (χ0) is 17.6. The summed E-state index contributed by atoms with van der Waals surface area (Å²) in [5, 5.41) is 2.93. The van der Waals surface area contributed by atoms with E-state index >= 15 is 0 Å². The Morgan fingerprint density at radius 1 is 1.08 bits per heavy atom. The molecule has 1 heterocycles. The summed E-state index contributed by atoms with van der Waals surface area (Å²) in [7, 11) is 1.59. The summed E-state index contributed by atoms with van der Waals surface area (Å²) >= 11 is 0. The Labute approximate surface area is 149 Å². The zero-order valence-corrected chi connectivity index (χ0v) is 14.9. The Hall–Kier alpha value is -2.53. The summed E-state index contributed by atoms with van der Waals surface area (Å²) in [5.41, 5.74) is 2.58. The summed E-state index contributed by atoms with van der Waals surface area (Å²) in [6.45, 7) is 7.61. The first-order valence-corrected chi connectivity index (χ1v) is 8.72. The fraction of sp³-hybridized carbons (Fsp3) is 0.350. The molecule has 0 spiro atoms. The number of nitrogens with zero attached hydrogens (tertiary/aromatic N) is 2. The van der Waals surface area contributed by atoms with Crippen molar-refractivity contribution >= 4 is 17.3 Å². The van der Waals surface area contributed by atoms with Gasteiger partial charge in [0.15, 0.2) is 0 Å². The first kappa shape index (κ1) is 17.3. The van der Waals surface area contributed by atoms with Crippen molar-refractivity contribution in [2.24, 2.45) is 0 Å². The Balaban J connectivity index is 1.61. The summed E-state index contributed by atoms with van der Waals surface area (Å²) in [4.78, 5) is 17.2. The highest BCUT2D eigenvalue weighted by molar-refractivity contribution is 6.04. The molecule has 2 aromatic carbocycles. The van der Waals surface area contributed by atoms with E-state index in [9.17, 15) is 4.79 Å². The van der Waals surface area contributed by atoms with Gasteiger partial charge < -0.3 is 19.9 Å². The highest BCUT2D eigenvalue weighted by Gasteiger charge is 2.15. The van der Waals surface area contributed by atoms with Crippen molar-refractivity contribution in [2.75, 3.05) is 50.1 Å². The lowest BCUT2D eigenvalue weighted by atomic mass is 10.2. The van der Waals surface area contributed by atoms with Crippen molar-refractivity contribution in [1.29, 1.82) is 0 Å². The van der Waals surface area contributed by atoms with Crippen LogP contribution in [0, 0.1) is 0 Å². The smallest absolute Gasteiger partial charge is 0.255 e. The van der Waals surface area contributed by atoms with Gasteiger partial charge in [0.25, 0.3) is 5.91 Å². The van der Waals surface area contributed by atoms with E-state index in [1.54, 1.807) is 19.2 Å². The zero-order valence-electron chi connectivity index (χ0n) is 14.9. The summed E-state index contributed by atoms with van der Waals surface area (Å²) in [5.74, 6) is 0.539. The number of likely N-dealkylation sites (N-methyl/N-ethyl adjacent to an activating group) is 1. The molecule has 1 fully saturated rings. The van der Waals surface area contributed by atoms with Crippen LogP contribution >= 0.6 is 0 Å². The average Bonchev–Trinajstić information content (AvgIpc) is 2.68. The molecule has 0 aromatic heterocycles. The third kappa shape index (κ3) is 4.31. The fourth-order valence-electron chi connectivity index (χ4n) is 3.05. The molecule has 0 radical (unpaired) electrons. The average molecular weight is 339 g/mol. The molecule has 1 aliphatic heterocycles. The molecule has 5 heteroatoms. The van der Waals surface area contributed by atoms with E-state index in [1.807, 2.05) is 24.3 Å². The van der Waals surface area contributed by atoms with Crippen LogP contribution in [0.15, 0.2) is 48.5 Å². The molecule has 3 rings (SSSR count). The number of piperazine rings is 1. The molecule has 5 nitrogen and oxygen atoms in total. The SMILES string of the molecule is CCN1CCN(c2ccc(NC(=O)c3cccc(OC)c3)cc2)CC1. The number of benzene rings is 2. The van der Waals surface area contributed by atoms with Gasteiger partial charge in [0.05, 0.1) is 7.11 Å². The van der Waals surface area contributed by atoms with Gasteiger partial charge in [-0.2, -0.15) is 0 Å². The van der Waals surface area contributed by atoms with Crippen LogP contribution in [-0.2, 0) is 0 Å². The lowest BCUT2D eigenvalue weighted by Gasteiger charge is -2.35. The van der Waals surface area contributed by atoms with Gasteiger partial charge in [-0.1, -0.05) is 13.0 Å². The van der Waals surface area contributed by atoms with Crippen molar-refractivity contribution < 1.29 is 9.53 Å². The van der Waals surface area contributed by atoms with E-state index in [2.05, 4.69) is 34.2 Å². The van der Waals surface area contributed by atoms with Crippen LogP contribution < -0.4 is 15.0 Å². The van der Waals surface area contributed by atoms with E-state index in [0.717, 1.165) is 38.4 Å². The molecular weight excluding hydrogens is 314 g/mol. The van der Waals surface area contributed by atoms with Gasteiger partial charge in [0.2, 0.25) is 0 Å². The molecule has 1 amide bonds. The number of amides is 1. The number of rotatable bonds is 5. The topological polar surface area (TPSA) is 44.8 Å². The molecule has 0 bridgehead atoms. The lowest BCUT2D eigenvalue weighted by molar-refractivity contribution is 0.102. The molecule has 0 atom stereocenters. The molecule has 1 saturated heterocycles. The standard InChI is InChI=1S/C20H25N3O2/c1-3-22-11-13-23(14-12-22)18-9-7-17(8-10-18)21-20(24)16-5-4-6-19(15-16)25-2/h4-10,15H,3,11-14H2,1-2H3,(H,21,24). The van der Waals surface area contributed by atoms with Crippen LogP contribution in [0.3, 0.4) is 0 Å². The maximum Gasteiger partial charge on any atom is 0.255 e. The number of hydrogen-bond donors (Lipinski definition) is 1. The Bertz CT molecular complexity index is 707. The van der Waals surface area contributed by atoms with E-state index in [1.165, 1.54) is 5.69 Å². The van der Waals surface area contributed by atoms with Gasteiger partial charge >= 0.3 is 0 Å². The molecule has 0 unspecified atom stereocenters. The van der Waals surface area contributed by atoms with Crippen molar-refractivity contribution in [3.63, 3.8) is 0 Å². The lowest BCUT2D eigenvalue weighted by Crippen LogP contribution is -2.46. The third-order valence-electron chi connectivity index (χ3n) is 4.64. The van der Waals surface area contributed by atoms with Crippen LogP contribution in [0.4, 0.5) is 11.4 Å². The molecule has 0 saturated carbocycles. The quantitative estimate of drug-likeness (QED) is 0.909. The highest BCUT2D eigenvalue weighted by Crippen LogP contribution is 2.20. The van der Waals surface area contributed by atoms with Gasteiger partial charge in [0.1, 0.15) is 5.75 Å². The number of hydrogen-bond acceptors (Lipinski definition) is 4. The highest BCUT2D eigenvalue weighted by atomic mass is 16.5. The summed E-state index contributed by atoms with van der Waals surface area (Å²) in [6, 6.07) is 15.2. The minimum atomic E-state index is -0.136. The fourth-order valence-corrected chi connectivity index (χ4v) is 3.05. The second-order valence-electron chi connectivity index (χ2n) is 6.15. The summed E-state index contributed by atoms with van der Waals surface area (Å²) < 4.78 is 5.16. The van der Waals surface area contributed by atoms with Gasteiger partial charge in [-0.3, -0.25) is 4.79 Å². The predicted molar refractivity (Wildman–Crippen MR) is 102 cm³/mol. The second-order valence-corrected chi connectivity index (χ2v) is 6.15. The Kier molecular flexibility index (Phi) is 5.56. The van der Waals surface area contributed by atoms with Crippen LogP contribution in [0.5, 0.6) is 5.75 Å². The van der Waals surface area contributed by atoms with Crippen LogP contribution in [-0.4, -0.2) is 50.6 Å². The largest absolute Gasteiger partial charge is 0.497 e. The van der Waals surface area contributed by atoms with E-state index in [-0.39, 0.29) is 5.91 Å².